The molecule has 0 aromatic rings. The quantitative estimate of drug-likeness (QED) is 0.779. The predicted octanol–water partition coefficient (Wildman–Crippen LogP) is 2.50. The van der Waals surface area contributed by atoms with Crippen LogP contribution in [-0.2, 0) is 4.79 Å². The second-order valence-corrected chi connectivity index (χ2v) is 6.12. The van der Waals surface area contributed by atoms with Crippen LogP contribution in [-0.4, -0.2) is 45.8 Å². The summed E-state index contributed by atoms with van der Waals surface area (Å²) in [6.45, 7) is 8.10. The summed E-state index contributed by atoms with van der Waals surface area (Å²) in [6.07, 6.45) is 4.49. The van der Waals surface area contributed by atoms with Gasteiger partial charge in [-0.25, -0.2) is 0 Å². The summed E-state index contributed by atoms with van der Waals surface area (Å²) < 4.78 is 0. The molecule has 0 radical (unpaired) electrons. The maximum atomic E-state index is 11.5. The highest BCUT2D eigenvalue weighted by Crippen LogP contribution is 2.33. The van der Waals surface area contributed by atoms with Gasteiger partial charge in [-0.3, -0.25) is 4.79 Å². The molecule has 1 fully saturated rings. The number of unbranched alkanes of at least 4 members (excludes halogenated alkanes) is 1. The number of rotatable bonds is 6. The van der Waals surface area contributed by atoms with E-state index in [-0.39, 0.29) is 0 Å². The van der Waals surface area contributed by atoms with Gasteiger partial charge in [-0.05, 0) is 46.1 Å². The summed E-state index contributed by atoms with van der Waals surface area (Å²) >= 11 is 0. The lowest BCUT2D eigenvalue weighted by Crippen LogP contribution is -2.43. The van der Waals surface area contributed by atoms with Gasteiger partial charge in [0.1, 0.15) is 0 Å². The molecule has 2 unspecified atom stereocenters. The largest absolute Gasteiger partial charge is 0.481 e. The molecule has 4 heteroatoms. The Bertz CT molecular complexity index is 293. The van der Waals surface area contributed by atoms with Crippen molar-refractivity contribution in [3.05, 3.63) is 0 Å². The third-order valence-electron chi connectivity index (χ3n) is 4.41. The van der Waals surface area contributed by atoms with E-state index in [4.69, 9.17) is 0 Å². The van der Waals surface area contributed by atoms with Gasteiger partial charge < -0.3 is 15.1 Å². The predicted molar refractivity (Wildman–Crippen MR) is 76.2 cm³/mol. The summed E-state index contributed by atoms with van der Waals surface area (Å²) in [6, 6.07) is 0.460. The number of hydrogen-bond donors (Lipinski definition) is 2. The minimum Gasteiger partial charge on any atom is -0.481 e. The molecule has 0 aliphatic carbocycles. The molecule has 112 valence electrons. The molecule has 1 aliphatic rings. The van der Waals surface area contributed by atoms with Crippen LogP contribution in [0, 0.1) is 5.92 Å². The highest BCUT2D eigenvalue weighted by molar-refractivity contribution is 5.71. The second kappa shape index (κ2) is 7.25. The number of likely N-dealkylation sites (tertiary alicyclic amines) is 1. The smallest absolute Gasteiger partial charge is 0.309 e. The molecule has 2 atom stereocenters. The van der Waals surface area contributed by atoms with E-state index in [1.54, 1.807) is 0 Å². The Balaban J connectivity index is 2.73. The summed E-state index contributed by atoms with van der Waals surface area (Å²) in [7, 11) is 0. The molecule has 1 rings (SSSR count). The second-order valence-electron chi connectivity index (χ2n) is 6.12. The molecule has 0 amide bonds. The van der Waals surface area contributed by atoms with E-state index in [0.717, 1.165) is 32.4 Å². The first kappa shape index (κ1) is 16.4. The minimum atomic E-state index is -1.02. The average Bonchev–Trinajstić information content (AvgIpc) is 2.52. The van der Waals surface area contributed by atoms with Gasteiger partial charge in [0.05, 0.1) is 11.5 Å². The van der Waals surface area contributed by atoms with Gasteiger partial charge in [0.25, 0.3) is 0 Å². The third kappa shape index (κ3) is 4.46. The van der Waals surface area contributed by atoms with Crippen LogP contribution in [0.3, 0.4) is 0 Å². The lowest BCUT2D eigenvalue weighted by atomic mass is 9.78. The van der Waals surface area contributed by atoms with E-state index >= 15 is 0 Å². The van der Waals surface area contributed by atoms with Crippen LogP contribution in [0.25, 0.3) is 0 Å². The Morgan fingerprint density at radius 1 is 1.32 bits per heavy atom. The Morgan fingerprint density at radius 2 is 2.00 bits per heavy atom. The standard InChI is InChI=1S/C15H29NO3/c1-4-5-7-13(14(17)18)15(19)8-6-10-16(11-9-15)12(2)3/h12-13,19H,4-11H2,1-3H3,(H,17,18). The lowest BCUT2D eigenvalue weighted by Gasteiger charge is -2.33. The number of carbonyl (C=O) groups is 1. The Labute approximate surface area is 116 Å². The monoisotopic (exact) mass is 271 g/mol. The highest BCUT2D eigenvalue weighted by Gasteiger charge is 2.42. The summed E-state index contributed by atoms with van der Waals surface area (Å²) in [5.74, 6) is -1.45. The molecular weight excluding hydrogens is 242 g/mol. The summed E-state index contributed by atoms with van der Waals surface area (Å²) in [5, 5.41) is 20.2. The normalized spacial score (nSPS) is 27.2. The number of hydrogen-bond acceptors (Lipinski definition) is 3. The van der Waals surface area contributed by atoms with Gasteiger partial charge in [0, 0.05) is 12.6 Å². The Morgan fingerprint density at radius 3 is 2.53 bits per heavy atom. The van der Waals surface area contributed by atoms with Crippen molar-refractivity contribution in [3.63, 3.8) is 0 Å². The van der Waals surface area contributed by atoms with E-state index in [1.165, 1.54) is 0 Å². The van der Waals surface area contributed by atoms with Gasteiger partial charge >= 0.3 is 5.97 Å². The van der Waals surface area contributed by atoms with E-state index in [2.05, 4.69) is 25.7 Å². The number of aliphatic hydroxyl groups is 1. The van der Waals surface area contributed by atoms with Crippen molar-refractivity contribution < 1.29 is 15.0 Å². The first-order valence-electron chi connectivity index (χ1n) is 7.60. The lowest BCUT2D eigenvalue weighted by molar-refractivity contribution is -0.154. The van der Waals surface area contributed by atoms with Crippen LogP contribution >= 0.6 is 0 Å². The fourth-order valence-electron chi connectivity index (χ4n) is 3.06. The molecule has 1 heterocycles. The van der Waals surface area contributed by atoms with E-state index in [9.17, 15) is 15.0 Å². The number of aliphatic carboxylic acids is 1. The zero-order valence-corrected chi connectivity index (χ0v) is 12.6. The van der Waals surface area contributed by atoms with E-state index in [1.807, 2.05) is 0 Å². The number of carboxylic acid groups (broad SMARTS) is 1. The number of nitrogens with zero attached hydrogens (tertiary/aromatic N) is 1. The van der Waals surface area contributed by atoms with Crippen LogP contribution in [0.5, 0.6) is 0 Å². The molecule has 2 N–H and O–H groups in total. The van der Waals surface area contributed by atoms with Crippen molar-refractivity contribution in [2.75, 3.05) is 13.1 Å². The molecule has 1 saturated heterocycles. The van der Waals surface area contributed by atoms with Crippen LogP contribution < -0.4 is 0 Å². The van der Waals surface area contributed by atoms with Gasteiger partial charge in [-0.1, -0.05) is 19.8 Å². The van der Waals surface area contributed by atoms with E-state index < -0.39 is 17.5 Å². The van der Waals surface area contributed by atoms with Gasteiger partial charge in [0.15, 0.2) is 0 Å². The molecule has 0 spiro atoms. The Kier molecular flexibility index (Phi) is 6.27. The molecular formula is C15H29NO3. The molecule has 0 saturated carbocycles. The minimum absolute atomic E-state index is 0.460. The van der Waals surface area contributed by atoms with Gasteiger partial charge in [-0.15, -0.1) is 0 Å². The zero-order chi connectivity index (χ0) is 14.5. The molecule has 19 heavy (non-hydrogen) atoms. The average molecular weight is 271 g/mol. The van der Waals surface area contributed by atoms with Crippen molar-refractivity contribution in [3.8, 4) is 0 Å². The van der Waals surface area contributed by atoms with E-state index in [0.29, 0.717) is 25.3 Å². The molecule has 0 aromatic carbocycles. The number of carboxylic acids is 1. The Hall–Kier alpha value is -0.610. The van der Waals surface area contributed by atoms with Crippen LogP contribution in [0.2, 0.25) is 0 Å². The first-order valence-corrected chi connectivity index (χ1v) is 7.60. The third-order valence-corrected chi connectivity index (χ3v) is 4.41. The van der Waals surface area contributed by atoms with Crippen LogP contribution in [0.15, 0.2) is 0 Å². The molecule has 1 aliphatic heterocycles. The molecule has 0 aromatic heterocycles. The van der Waals surface area contributed by atoms with Crippen molar-refractivity contribution in [2.24, 2.45) is 5.92 Å². The fraction of sp³-hybridized carbons (Fsp3) is 0.933. The molecule has 0 bridgehead atoms. The topological polar surface area (TPSA) is 60.8 Å². The van der Waals surface area contributed by atoms with Crippen molar-refractivity contribution >= 4 is 5.97 Å². The fourth-order valence-corrected chi connectivity index (χ4v) is 3.06. The SMILES string of the molecule is CCCCC(C(=O)O)C1(O)CCCN(C(C)C)CC1. The van der Waals surface area contributed by atoms with Crippen LogP contribution in [0.1, 0.15) is 59.3 Å². The molecule has 4 nitrogen and oxygen atoms in total. The van der Waals surface area contributed by atoms with Crippen LogP contribution in [0.4, 0.5) is 0 Å². The first-order chi connectivity index (χ1) is 8.90. The zero-order valence-electron chi connectivity index (χ0n) is 12.6. The van der Waals surface area contributed by atoms with Crippen molar-refractivity contribution in [1.82, 2.24) is 4.90 Å². The van der Waals surface area contributed by atoms with Crippen molar-refractivity contribution in [2.45, 2.75) is 70.9 Å². The highest BCUT2D eigenvalue weighted by atomic mass is 16.4. The van der Waals surface area contributed by atoms with Crippen molar-refractivity contribution in [1.29, 1.82) is 0 Å². The maximum absolute atomic E-state index is 11.5. The maximum Gasteiger partial charge on any atom is 0.309 e. The summed E-state index contributed by atoms with van der Waals surface area (Å²) in [4.78, 5) is 13.8. The van der Waals surface area contributed by atoms with Gasteiger partial charge in [-0.2, -0.15) is 0 Å². The van der Waals surface area contributed by atoms with Gasteiger partial charge in [0.2, 0.25) is 0 Å². The summed E-state index contributed by atoms with van der Waals surface area (Å²) in [5.41, 5.74) is -1.02.